The van der Waals surface area contributed by atoms with Gasteiger partial charge in [-0.2, -0.15) is 0 Å². The van der Waals surface area contributed by atoms with Gasteiger partial charge in [0.05, 0.1) is 5.69 Å². The first-order valence-electron chi connectivity index (χ1n) is 5.77. The lowest BCUT2D eigenvalue weighted by atomic mass is 10.1. The molecule has 0 aliphatic carbocycles. The lowest BCUT2D eigenvalue weighted by Crippen LogP contribution is -2.17. The van der Waals surface area contributed by atoms with E-state index in [1.54, 1.807) is 0 Å². The number of benzene rings is 1. The van der Waals surface area contributed by atoms with E-state index in [9.17, 15) is 0 Å². The van der Waals surface area contributed by atoms with Crippen molar-refractivity contribution in [3.63, 3.8) is 0 Å². The van der Waals surface area contributed by atoms with Gasteiger partial charge in [0.2, 0.25) is 0 Å². The van der Waals surface area contributed by atoms with Crippen LogP contribution in [-0.2, 0) is 0 Å². The monoisotopic (exact) mass is 226 g/mol. The number of aryl methyl sites for hydroxylation is 1. The highest BCUT2D eigenvalue weighted by molar-refractivity contribution is 5.72. The Morgan fingerprint density at radius 2 is 2.06 bits per heavy atom. The van der Waals surface area contributed by atoms with Gasteiger partial charge in [-0.15, -0.1) is 0 Å². The first-order valence-corrected chi connectivity index (χ1v) is 5.77. The molecule has 3 rings (SSSR count). The number of anilines is 1. The molecule has 86 valence electrons. The van der Waals surface area contributed by atoms with E-state index in [-0.39, 0.29) is 0 Å². The maximum Gasteiger partial charge on any atom is 0.142 e. The molecule has 0 amide bonds. The second-order valence-corrected chi connectivity index (χ2v) is 4.17. The number of nitrogens with zero attached hydrogens (tertiary/aromatic N) is 1. The second-order valence-electron chi connectivity index (χ2n) is 4.17. The smallest absolute Gasteiger partial charge is 0.142 e. The Bertz CT molecular complexity index is 534. The Hall–Kier alpha value is -2.03. The molecule has 1 aliphatic rings. The Morgan fingerprint density at radius 1 is 1.18 bits per heavy atom. The number of pyridine rings is 1. The van der Waals surface area contributed by atoms with Crippen molar-refractivity contribution in [3.8, 4) is 16.9 Å². The third kappa shape index (κ3) is 1.96. The molecule has 0 unspecified atom stereocenters. The third-order valence-corrected chi connectivity index (χ3v) is 2.90. The molecule has 1 aliphatic heterocycles. The minimum Gasteiger partial charge on any atom is -0.490 e. The van der Waals surface area contributed by atoms with Crippen molar-refractivity contribution >= 4 is 5.69 Å². The molecule has 3 nitrogen and oxygen atoms in total. The van der Waals surface area contributed by atoms with Gasteiger partial charge in [0, 0.05) is 24.0 Å². The Labute approximate surface area is 100 Å². The molecule has 0 bridgehead atoms. The molecule has 0 saturated heterocycles. The van der Waals surface area contributed by atoms with Gasteiger partial charge in [-0.1, -0.05) is 12.1 Å². The van der Waals surface area contributed by atoms with Crippen LogP contribution in [0, 0.1) is 6.92 Å². The highest BCUT2D eigenvalue weighted by Crippen LogP contribution is 2.32. The van der Waals surface area contributed by atoms with E-state index in [4.69, 9.17) is 4.74 Å². The van der Waals surface area contributed by atoms with E-state index in [1.165, 1.54) is 0 Å². The molecule has 3 heteroatoms. The van der Waals surface area contributed by atoms with Crippen LogP contribution in [0.5, 0.6) is 5.75 Å². The fourth-order valence-electron chi connectivity index (χ4n) is 1.96. The lowest BCUT2D eigenvalue weighted by molar-refractivity contribution is 0.323. The Kier molecular flexibility index (Phi) is 2.44. The molecule has 1 N–H and O–H groups in total. The minimum atomic E-state index is 0.735. The molecule has 17 heavy (non-hydrogen) atoms. The predicted molar refractivity (Wildman–Crippen MR) is 68.4 cm³/mol. The van der Waals surface area contributed by atoms with E-state index in [0.717, 1.165) is 41.4 Å². The van der Waals surface area contributed by atoms with Crippen LogP contribution in [0.1, 0.15) is 5.69 Å². The average Bonchev–Trinajstić information content (AvgIpc) is 2.39. The molecule has 0 saturated carbocycles. The van der Waals surface area contributed by atoms with Gasteiger partial charge in [0.1, 0.15) is 12.4 Å². The summed E-state index contributed by atoms with van der Waals surface area (Å²) in [7, 11) is 0. The van der Waals surface area contributed by atoms with Crippen LogP contribution in [0.4, 0.5) is 5.69 Å². The molecule has 0 fully saturated rings. The number of aromatic nitrogens is 1. The Balaban J connectivity index is 2.01. The van der Waals surface area contributed by atoms with Crippen molar-refractivity contribution in [2.75, 3.05) is 18.5 Å². The fraction of sp³-hybridized carbons (Fsp3) is 0.214. The molecule has 0 spiro atoms. The van der Waals surface area contributed by atoms with Crippen LogP contribution in [0.3, 0.4) is 0 Å². The van der Waals surface area contributed by atoms with Crippen molar-refractivity contribution in [2.45, 2.75) is 6.92 Å². The van der Waals surface area contributed by atoms with Gasteiger partial charge in [0.25, 0.3) is 0 Å². The lowest BCUT2D eigenvalue weighted by Gasteiger charge is -2.19. The number of hydrogen-bond donors (Lipinski definition) is 1. The highest BCUT2D eigenvalue weighted by atomic mass is 16.5. The Morgan fingerprint density at radius 3 is 2.88 bits per heavy atom. The summed E-state index contributed by atoms with van der Waals surface area (Å²) in [5.41, 5.74) is 4.39. The van der Waals surface area contributed by atoms with E-state index >= 15 is 0 Å². The molecular formula is C14H14N2O. The van der Waals surface area contributed by atoms with Gasteiger partial charge >= 0.3 is 0 Å². The number of nitrogens with one attached hydrogen (secondary N) is 1. The molecular weight excluding hydrogens is 212 g/mol. The summed E-state index contributed by atoms with van der Waals surface area (Å²) in [5, 5.41) is 3.34. The van der Waals surface area contributed by atoms with Crippen molar-refractivity contribution < 1.29 is 4.74 Å². The van der Waals surface area contributed by atoms with Crippen LogP contribution < -0.4 is 10.1 Å². The minimum absolute atomic E-state index is 0.735. The fourth-order valence-corrected chi connectivity index (χ4v) is 1.96. The molecule has 0 radical (unpaired) electrons. The van der Waals surface area contributed by atoms with E-state index < -0.39 is 0 Å². The van der Waals surface area contributed by atoms with Gasteiger partial charge in [0.15, 0.2) is 0 Å². The van der Waals surface area contributed by atoms with E-state index in [0.29, 0.717) is 0 Å². The first-order chi connectivity index (χ1) is 8.33. The molecule has 2 heterocycles. The average molecular weight is 226 g/mol. The molecule has 2 aromatic rings. The highest BCUT2D eigenvalue weighted by Gasteiger charge is 2.10. The summed E-state index contributed by atoms with van der Waals surface area (Å²) in [4.78, 5) is 4.32. The topological polar surface area (TPSA) is 34.1 Å². The summed E-state index contributed by atoms with van der Waals surface area (Å²) in [6.07, 6.45) is 1.90. The van der Waals surface area contributed by atoms with Crippen molar-refractivity contribution in [3.05, 3.63) is 42.2 Å². The maximum atomic E-state index is 5.56. The summed E-state index contributed by atoms with van der Waals surface area (Å²) >= 11 is 0. The van der Waals surface area contributed by atoms with Crippen LogP contribution in [0.25, 0.3) is 11.1 Å². The van der Waals surface area contributed by atoms with Crippen LogP contribution in [-0.4, -0.2) is 18.1 Å². The summed E-state index contributed by atoms with van der Waals surface area (Å²) < 4.78 is 5.56. The third-order valence-electron chi connectivity index (χ3n) is 2.90. The zero-order chi connectivity index (χ0) is 11.7. The normalized spacial score (nSPS) is 13.5. The SMILES string of the molecule is Cc1ccc(-c2ccc3c(c2)NCCO3)cn1. The largest absolute Gasteiger partial charge is 0.490 e. The van der Waals surface area contributed by atoms with Crippen LogP contribution in [0.2, 0.25) is 0 Å². The van der Waals surface area contributed by atoms with Crippen molar-refractivity contribution in [1.29, 1.82) is 0 Å². The molecule has 1 aromatic heterocycles. The van der Waals surface area contributed by atoms with Gasteiger partial charge in [-0.05, 0) is 30.7 Å². The number of hydrogen-bond acceptors (Lipinski definition) is 3. The second kappa shape index (κ2) is 4.09. The zero-order valence-electron chi connectivity index (χ0n) is 9.73. The van der Waals surface area contributed by atoms with Gasteiger partial charge in [-0.3, -0.25) is 4.98 Å². The summed E-state index contributed by atoms with van der Waals surface area (Å²) in [5.74, 6) is 0.931. The maximum absolute atomic E-state index is 5.56. The quantitative estimate of drug-likeness (QED) is 0.811. The standard InChI is InChI=1S/C14H14N2O/c1-10-2-3-12(9-16-10)11-4-5-14-13(8-11)15-6-7-17-14/h2-5,8-9,15H,6-7H2,1H3. The first kappa shape index (κ1) is 10.1. The van der Waals surface area contributed by atoms with Gasteiger partial charge in [-0.25, -0.2) is 0 Å². The number of rotatable bonds is 1. The van der Waals surface area contributed by atoms with Crippen LogP contribution in [0.15, 0.2) is 36.5 Å². The van der Waals surface area contributed by atoms with Crippen molar-refractivity contribution in [2.24, 2.45) is 0 Å². The number of fused-ring (bicyclic) bond motifs is 1. The molecule has 1 aromatic carbocycles. The summed E-state index contributed by atoms with van der Waals surface area (Å²) in [6, 6.07) is 10.3. The van der Waals surface area contributed by atoms with Crippen LogP contribution >= 0.6 is 0 Å². The zero-order valence-corrected chi connectivity index (χ0v) is 9.73. The van der Waals surface area contributed by atoms with E-state index in [2.05, 4.69) is 28.5 Å². The number of ether oxygens (including phenoxy) is 1. The van der Waals surface area contributed by atoms with Gasteiger partial charge < -0.3 is 10.1 Å². The van der Waals surface area contributed by atoms with Crippen molar-refractivity contribution in [1.82, 2.24) is 4.98 Å². The molecule has 0 atom stereocenters. The summed E-state index contributed by atoms with van der Waals surface area (Å²) in [6.45, 7) is 3.59. The predicted octanol–water partition coefficient (Wildman–Crippen LogP) is 2.86. The van der Waals surface area contributed by atoms with E-state index in [1.807, 2.05) is 25.3 Å².